The van der Waals surface area contributed by atoms with Gasteiger partial charge in [-0.15, -0.1) is 0 Å². The van der Waals surface area contributed by atoms with E-state index in [4.69, 9.17) is 0 Å². The Morgan fingerprint density at radius 1 is 1.00 bits per heavy atom. The number of benzene rings is 2. The van der Waals surface area contributed by atoms with Gasteiger partial charge in [0.1, 0.15) is 6.54 Å². The van der Waals surface area contributed by atoms with Crippen LogP contribution in [0, 0.1) is 12.8 Å². The van der Waals surface area contributed by atoms with Crippen molar-refractivity contribution < 1.29 is 18.2 Å². The van der Waals surface area contributed by atoms with E-state index >= 15 is 0 Å². The molecule has 0 aliphatic heterocycles. The van der Waals surface area contributed by atoms with Crippen LogP contribution in [0.25, 0.3) is 17.0 Å². The van der Waals surface area contributed by atoms with E-state index in [2.05, 4.69) is 49.0 Å². The number of halogens is 3. The highest BCUT2D eigenvalue weighted by atomic mass is 19.4. The van der Waals surface area contributed by atoms with E-state index in [0.717, 1.165) is 36.0 Å². The first kappa shape index (κ1) is 27.3. The van der Waals surface area contributed by atoms with Crippen molar-refractivity contribution in [2.45, 2.75) is 52.6 Å². The van der Waals surface area contributed by atoms with E-state index in [0.29, 0.717) is 17.9 Å². The van der Waals surface area contributed by atoms with Crippen molar-refractivity contribution in [1.82, 2.24) is 4.98 Å². The first-order valence-corrected chi connectivity index (χ1v) is 12.5. The van der Waals surface area contributed by atoms with Crippen molar-refractivity contribution in [1.29, 1.82) is 0 Å². The number of hydrogen-bond acceptors (Lipinski definition) is 0. The Balaban J connectivity index is 1.72. The van der Waals surface area contributed by atoms with Crippen molar-refractivity contribution in [3.63, 3.8) is 0 Å². The van der Waals surface area contributed by atoms with E-state index in [-0.39, 0.29) is 5.92 Å². The molecule has 0 spiro atoms. The standard InChI is InChI=1S/C31H35F3N2/c1-22(2)19-20-35-23(3)27(25-13-12-14-26(21-25)31(32,33)34)15-8-6-5-7-9-16-28-24(4)36-30-18-11-10-17-29(28)30/h5-14,16-18,21-22,27,36H,15,19-20H2,1-4H3/p+1/b7-5+,8-6+,16-9+,35-23?. The summed E-state index contributed by atoms with van der Waals surface area (Å²) in [6.45, 7) is 9.16. The number of H-pyrrole nitrogens is 1. The van der Waals surface area contributed by atoms with Gasteiger partial charge in [-0.25, -0.2) is 4.99 Å². The second-order valence-corrected chi connectivity index (χ2v) is 9.59. The first-order chi connectivity index (χ1) is 17.2. The molecule has 0 radical (unpaired) electrons. The molecular weight excluding hydrogens is 457 g/mol. The minimum absolute atomic E-state index is 0.145. The third-order valence-corrected chi connectivity index (χ3v) is 6.31. The van der Waals surface area contributed by atoms with E-state index in [1.165, 1.54) is 23.1 Å². The summed E-state index contributed by atoms with van der Waals surface area (Å²) < 4.78 is 39.9. The summed E-state index contributed by atoms with van der Waals surface area (Å²) in [7, 11) is 0. The van der Waals surface area contributed by atoms with Gasteiger partial charge in [0, 0.05) is 35.5 Å². The fourth-order valence-corrected chi connectivity index (χ4v) is 4.26. The first-order valence-electron chi connectivity index (χ1n) is 12.5. The molecule has 0 aliphatic rings. The number of alkyl halides is 3. The number of hydrogen-bond donors (Lipinski definition) is 2. The zero-order chi connectivity index (χ0) is 26.1. The average molecular weight is 494 g/mol. The van der Waals surface area contributed by atoms with Gasteiger partial charge in [-0.3, -0.25) is 0 Å². The number of aromatic amines is 1. The molecule has 0 bridgehead atoms. The molecule has 0 aliphatic carbocycles. The molecule has 2 aromatic carbocycles. The van der Waals surface area contributed by atoms with Crippen LogP contribution >= 0.6 is 0 Å². The highest BCUT2D eigenvalue weighted by Crippen LogP contribution is 2.32. The largest absolute Gasteiger partial charge is 0.416 e. The number of para-hydroxylation sites is 1. The van der Waals surface area contributed by atoms with Crippen LogP contribution < -0.4 is 4.99 Å². The molecule has 5 heteroatoms. The molecule has 190 valence electrons. The summed E-state index contributed by atoms with van der Waals surface area (Å²) in [5, 5.41) is 1.19. The third kappa shape index (κ3) is 7.58. The van der Waals surface area contributed by atoms with Gasteiger partial charge in [0.25, 0.3) is 0 Å². The lowest BCUT2D eigenvalue weighted by atomic mass is 9.90. The second-order valence-electron chi connectivity index (χ2n) is 9.59. The number of allylic oxidation sites excluding steroid dienone is 5. The summed E-state index contributed by atoms with van der Waals surface area (Å²) in [5.41, 5.74) is 4.45. The second kappa shape index (κ2) is 12.6. The van der Waals surface area contributed by atoms with Crippen LogP contribution in [0.3, 0.4) is 0 Å². The SMILES string of the molecule is CC(=[NH+]CCC(C)C)C(C/C=C/C=C/C=C/c1c(C)[nH]c2ccccc12)c1cccc(C(F)(F)F)c1. The normalized spacial score (nSPS) is 14.3. The van der Waals surface area contributed by atoms with Crippen molar-refractivity contribution >= 4 is 22.7 Å². The zero-order valence-corrected chi connectivity index (χ0v) is 21.5. The minimum atomic E-state index is -4.35. The topological polar surface area (TPSA) is 29.8 Å². The van der Waals surface area contributed by atoms with Gasteiger partial charge < -0.3 is 4.98 Å². The maximum atomic E-state index is 13.3. The van der Waals surface area contributed by atoms with Crippen LogP contribution in [-0.4, -0.2) is 17.2 Å². The Morgan fingerprint density at radius 2 is 1.75 bits per heavy atom. The quantitative estimate of drug-likeness (QED) is 0.218. The van der Waals surface area contributed by atoms with Crippen molar-refractivity contribution in [2.24, 2.45) is 5.92 Å². The number of aryl methyl sites for hydroxylation is 1. The predicted molar refractivity (Wildman–Crippen MR) is 145 cm³/mol. The lowest BCUT2D eigenvalue weighted by molar-refractivity contribution is -0.461. The van der Waals surface area contributed by atoms with Crippen LogP contribution in [0.1, 0.15) is 61.9 Å². The number of aromatic nitrogens is 1. The zero-order valence-electron chi connectivity index (χ0n) is 21.5. The minimum Gasteiger partial charge on any atom is -0.358 e. The molecule has 0 saturated carbocycles. The molecule has 1 heterocycles. The Kier molecular flexibility index (Phi) is 9.51. The summed E-state index contributed by atoms with van der Waals surface area (Å²) in [5.74, 6) is 0.414. The molecule has 1 atom stereocenters. The summed E-state index contributed by atoms with van der Waals surface area (Å²) in [4.78, 5) is 6.83. The molecule has 0 fully saturated rings. The maximum Gasteiger partial charge on any atom is 0.416 e. The molecule has 3 rings (SSSR count). The molecule has 1 unspecified atom stereocenters. The van der Waals surface area contributed by atoms with Crippen molar-refractivity contribution in [3.8, 4) is 0 Å². The van der Waals surface area contributed by atoms with Crippen LogP contribution in [0.4, 0.5) is 13.2 Å². The van der Waals surface area contributed by atoms with Gasteiger partial charge in [-0.05, 0) is 37.0 Å². The third-order valence-electron chi connectivity index (χ3n) is 6.31. The molecule has 2 nitrogen and oxygen atoms in total. The molecular formula is C31H36F3N2+. The van der Waals surface area contributed by atoms with Crippen molar-refractivity contribution in [2.75, 3.05) is 6.54 Å². The molecule has 1 aromatic heterocycles. The Morgan fingerprint density at radius 3 is 2.50 bits per heavy atom. The summed E-state index contributed by atoms with van der Waals surface area (Å²) in [6.07, 6.45) is 9.23. The molecule has 2 N–H and O–H groups in total. The molecule has 0 saturated heterocycles. The summed E-state index contributed by atoms with van der Waals surface area (Å²) >= 11 is 0. The number of fused-ring (bicyclic) bond motifs is 1. The average Bonchev–Trinajstić information content (AvgIpc) is 3.15. The summed E-state index contributed by atoms with van der Waals surface area (Å²) in [6, 6.07) is 13.9. The highest BCUT2D eigenvalue weighted by Gasteiger charge is 2.31. The van der Waals surface area contributed by atoms with Gasteiger partial charge >= 0.3 is 6.18 Å². The van der Waals surface area contributed by atoms with Gasteiger partial charge in [0.2, 0.25) is 0 Å². The molecule has 0 amide bonds. The fraction of sp³-hybridized carbons (Fsp3) is 0.323. The van der Waals surface area contributed by atoms with Crippen LogP contribution in [0.2, 0.25) is 0 Å². The highest BCUT2D eigenvalue weighted by molar-refractivity contribution is 5.90. The van der Waals surface area contributed by atoms with Gasteiger partial charge in [-0.2, -0.15) is 13.2 Å². The fourth-order valence-electron chi connectivity index (χ4n) is 4.26. The van der Waals surface area contributed by atoms with E-state index in [1.54, 1.807) is 6.07 Å². The van der Waals surface area contributed by atoms with Crippen LogP contribution in [0.5, 0.6) is 0 Å². The van der Waals surface area contributed by atoms with Gasteiger partial charge in [0.15, 0.2) is 5.71 Å². The van der Waals surface area contributed by atoms with Gasteiger partial charge in [-0.1, -0.05) is 86.7 Å². The lowest BCUT2D eigenvalue weighted by Crippen LogP contribution is -2.73. The van der Waals surface area contributed by atoms with Gasteiger partial charge in [0.05, 0.1) is 11.5 Å². The van der Waals surface area contributed by atoms with Crippen LogP contribution in [0.15, 0.2) is 78.9 Å². The van der Waals surface area contributed by atoms with Crippen molar-refractivity contribution in [3.05, 3.63) is 101 Å². The van der Waals surface area contributed by atoms with E-state index in [9.17, 15) is 13.2 Å². The monoisotopic (exact) mass is 493 g/mol. The van der Waals surface area contributed by atoms with E-state index in [1.807, 2.05) is 49.4 Å². The Bertz CT molecular complexity index is 1260. The van der Waals surface area contributed by atoms with Crippen LogP contribution in [-0.2, 0) is 6.18 Å². The Labute approximate surface area is 212 Å². The number of nitrogens with one attached hydrogen (secondary N) is 2. The number of rotatable bonds is 10. The predicted octanol–water partition coefficient (Wildman–Crippen LogP) is 7.38. The van der Waals surface area contributed by atoms with E-state index < -0.39 is 11.7 Å². The Hall–Kier alpha value is -3.34. The smallest absolute Gasteiger partial charge is 0.358 e. The maximum absolute atomic E-state index is 13.3. The molecule has 36 heavy (non-hydrogen) atoms. The lowest BCUT2D eigenvalue weighted by Gasteiger charge is -2.15. The molecule has 3 aromatic rings.